The summed E-state index contributed by atoms with van der Waals surface area (Å²) in [6, 6.07) is 0.305. The zero-order valence-corrected chi connectivity index (χ0v) is 7.18. The van der Waals surface area contributed by atoms with Gasteiger partial charge in [0.15, 0.2) is 0 Å². The van der Waals surface area contributed by atoms with Crippen molar-refractivity contribution in [3.05, 3.63) is 0 Å². The van der Waals surface area contributed by atoms with Gasteiger partial charge < -0.3 is 15.8 Å². The second-order valence-corrected chi connectivity index (χ2v) is 3.10. The van der Waals surface area contributed by atoms with Crippen molar-refractivity contribution in [2.24, 2.45) is 5.73 Å². The van der Waals surface area contributed by atoms with Crippen molar-refractivity contribution in [2.75, 3.05) is 19.7 Å². The van der Waals surface area contributed by atoms with Crippen LogP contribution in [-0.2, 0) is 4.74 Å². The van der Waals surface area contributed by atoms with Crippen LogP contribution in [0.25, 0.3) is 0 Å². The van der Waals surface area contributed by atoms with Crippen molar-refractivity contribution in [3.8, 4) is 0 Å². The van der Waals surface area contributed by atoms with Crippen LogP contribution in [0.4, 0.5) is 0 Å². The van der Waals surface area contributed by atoms with Gasteiger partial charge in [-0.05, 0) is 12.8 Å². The van der Waals surface area contributed by atoms with E-state index >= 15 is 0 Å². The summed E-state index contributed by atoms with van der Waals surface area (Å²) in [5, 5.41) is 3.28. The molecule has 0 bridgehead atoms. The van der Waals surface area contributed by atoms with Crippen molar-refractivity contribution < 1.29 is 4.74 Å². The van der Waals surface area contributed by atoms with Crippen molar-refractivity contribution in [1.29, 1.82) is 0 Å². The molecule has 2 unspecified atom stereocenters. The Morgan fingerprint density at radius 2 is 2.55 bits per heavy atom. The molecule has 0 aromatic heterocycles. The average molecular weight is 158 g/mol. The largest absolute Gasteiger partial charge is 0.376 e. The zero-order valence-electron chi connectivity index (χ0n) is 7.18. The Balaban J connectivity index is 2.13. The first-order valence-corrected chi connectivity index (χ1v) is 4.40. The Morgan fingerprint density at radius 3 is 3.09 bits per heavy atom. The number of morpholine rings is 1. The van der Waals surface area contributed by atoms with E-state index < -0.39 is 0 Å². The predicted octanol–water partition coefficient (Wildman–Crippen LogP) is 0.102. The Labute approximate surface area is 68.3 Å². The van der Waals surface area contributed by atoms with Gasteiger partial charge in [0.1, 0.15) is 0 Å². The highest BCUT2D eigenvalue weighted by molar-refractivity contribution is 4.72. The minimum Gasteiger partial charge on any atom is -0.376 e. The molecule has 2 atom stereocenters. The average Bonchev–Trinajstić information content (AvgIpc) is 2.06. The van der Waals surface area contributed by atoms with Crippen molar-refractivity contribution in [3.63, 3.8) is 0 Å². The molecule has 0 radical (unpaired) electrons. The van der Waals surface area contributed by atoms with Crippen molar-refractivity contribution in [1.82, 2.24) is 5.32 Å². The molecule has 1 rings (SSSR count). The first-order valence-electron chi connectivity index (χ1n) is 4.40. The molecule has 0 spiro atoms. The van der Waals surface area contributed by atoms with E-state index in [1.54, 1.807) is 0 Å². The lowest BCUT2D eigenvalue weighted by molar-refractivity contribution is 0.0194. The van der Waals surface area contributed by atoms with Crippen LogP contribution in [0.3, 0.4) is 0 Å². The lowest BCUT2D eigenvalue weighted by atomic mass is 10.1. The summed E-state index contributed by atoms with van der Waals surface area (Å²) in [5.41, 5.74) is 5.80. The van der Waals surface area contributed by atoms with Crippen LogP contribution in [0.5, 0.6) is 0 Å². The molecule has 0 aliphatic carbocycles. The normalized spacial score (nSPS) is 28.4. The molecule has 1 saturated heterocycles. The summed E-state index contributed by atoms with van der Waals surface area (Å²) in [6.07, 6.45) is 2.38. The van der Waals surface area contributed by atoms with Gasteiger partial charge in [0.2, 0.25) is 0 Å². The smallest absolute Gasteiger partial charge is 0.0714 e. The number of nitrogens with two attached hydrogens (primary N) is 1. The molecule has 1 heterocycles. The second kappa shape index (κ2) is 4.70. The van der Waals surface area contributed by atoms with Gasteiger partial charge in [-0.25, -0.2) is 0 Å². The first kappa shape index (κ1) is 8.97. The maximum atomic E-state index is 5.80. The van der Waals surface area contributed by atoms with Crippen LogP contribution < -0.4 is 11.1 Å². The van der Waals surface area contributed by atoms with Gasteiger partial charge in [0.05, 0.1) is 12.7 Å². The fourth-order valence-electron chi connectivity index (χ4n) is 1.28. The van der Waals surface area contributed by atoms with E-state index in [1.165, 1.54) is 0 Å². The van der Waals surface area contributed by atoms with Crippen molar-refractivity contribution in [2.45, 2.75) is 31.9 Å². The van der Waals surface area contributed by atoms with Crippen LogP contribution in [0.15, 0.2) is 0 Å². The number of rotatable bonds is 3. The molecule has 0 saturated carbocycles. The lowest BCUT2D eigenvalue weighted by Gasteiger charge is -2.25. The molecule has 1 aliphatic heterocycles. The number of ether oxygens (including phenoxy) is 1. The first-order chi connectivity index (χ1) is 5.33. The van der Waals surface area contributed by atoms with Gasteiger partial charge in [0.25, 0.3) is 0 Å². The molecule has 3 N–H and O–H groups in total. The molecule has 11 heavy (non-hydrogen) atoms. The summed E-state index contributed by atoms with van der Waals surface area (Å²) in [4.78, 5) is 0. The van der Waals surface area contributed by atoms with Gasteiger partial charge in [-0.2, -0.15) is 0 Å². The van der Waals surface area contributed by atoms with Crippen LogP contribution >= 0.6 is 0 Å². The summed E-state index contributed by atoms with van der Waals surface area (Å²) in [7, 11) is 0. The van der Waals surface area contributed by atoms with Gasteiger partial charge in [-0.1, -0.05) is 6.92 Å². The highest BCUT2D eigenvalue weighted by Gasteiger charge is 2.15. The molecule has 66 valence electrons. The summed E-state index contributed by atoms with van der Waals surface area (Å²) < 4.78 is 5.51. The molecule has 0 aromatic carbocycles. The molecule has 0 aromatic rings. The Morgan fingerprint density at radius 1 is 1.73 bits per heavy atom. The summed E-state index contributed by atoms with van der Waals surface area (Å²) in [6.45, 7) is 4.90. The predicted molar refractivity (Wildman–Crippen MR) is 45.5 cm³/mol. The summed E-state index contributed by atoms with van der Waals surface area (Å²) in [5.74, 6) is 0. The van der Waals surface area contributed by atoms with E-state index in [1.807, 2.05) is 0 Å². The van der Waals surface area contributed by atoms with Gasteiger partial charge >= 0.3 is 0 Å². The van der Waals surface area contributed by atoms with E-state index in [0.29, 0.717) is 12.1 Å². The standard InChI is InChI=1S/C8H18N2O/c1-2-7(9)5-8-6-10-3-4-11-8/h7-8,10H,2-6,9H2,1H3. The van der Waals surface area contributed by atoms with Crippen LogP contribution in [0.1, 0.15) is 19.8 Å². The molecule has 3 nitrogen and oxygen atoms in total. The highest BCUT2D eigenvalue weighted by Crippen LogP contribution is 2.05. The van der Waals surface area contributed by atoms with E-state index in [9.17, 15) is 0 Å². The Kier molecular flexibility index (Phi) is 3.83. The fourth-order valence-corrected chi connectivity index (χ4v) is 1.28. The van der Waals surface area contributed by atoms with Crippen LogP contribution in [0.2, 0.25) is 0 Å². The third-order valence-corrected chi connectivity index (χ3v) is 2.09. The second-order valence-electron chi connectivity index (χ2n) is 3.10. The maximum Gasteiger partial charge on any atom is 0.0714 e. The van der Waals surface area contributed by atoms with Gasteiger partial charge in [-0.3, -0.25) is 0 Å². The maximum absolute atomic E-state index is 5.80. The topological polar surface area (TPSA) is 47.3 Å². The molecule has 3 heteroatoms. The third-order valence-electron chi connectivity index (χ3n) is 2.09. The number of hydrogen-bond acceptors (Lipinski definition) is 3. The van der Waals surface area contributed by atoms with Crippen LogP contribution in [-0.4, -0.2) is 31.8 Å². The lowest BCUT2D eigenvalue weighted by Crippen LogP contribution is -2.41. The van der Waals surface area contributed by atoms with Gasteiger partial charge in [0, 0.05) is 19.1 Å². The Bertz CT molecular complexity index is 102. The zero-order chi connectivity index (χ0) is 8.10. The molecular formula is C8H18N2O. The van der Waals surface area contributed by atoms with Gasteiger partial charge in [-0.15, -0.1) is 0 Å². The van der Waals surface area contributed by atoms with Crippen LogP contribution in [0, 0.1) is 0 Å². The number of hydrogen-bond donors (Lipinski definition) is 2. The minimum absolute atomic E-state index is 0.305. The van der Waals surface area contributed by atoms with E-state index in [0.717, 1.165) is 32.5 Å². The molecule has 0 amide bonds. The van der Waals surface area contributed by atoms with E-state index in [4.69, 9.17) is 10.5 Å². The quantitative estimate of drug-likeness (QED) is 0.612. The molecule has 1 fully saturated rings. The molecular weight excluding hydrogens is 140 g/mol. The third kappa shape index (κ3) is 3.18. The highest BCUT2D eigenvalue weighted by atomic mass is 16.5. The minimum atomic E-state index is 0.305. The van der Waals surface area contributed by atoms with E-state index in [-0.39, 0.29) is 0 Å². The summed E-state index contributed by atoms with van der Waals surface area (Å²) >= 11 is 0. The monoisotopic (exact) mass is 158 g/mol. The van der Waals surface area contributed by atoms with Crippen molar-refractivity contribution >= 4 is 0 Å². The Hall–Kier alpha value is -0.120. The fraction of sp³-hybridized carbons (Fsp3) is 1.00. The van der Waals surface area contributed by atoms with E-state index in [2.05, 4.69) is 12.2 Å². The number of nitrogens with one attached hydrogen (secondary N) is 1. The molecule has 1 aliphatic rings. The SMILES string of the molecule is CCC(N)CC1CNCCO1.